The summed E-state index contributed by atoms with van der Waals surface area (Å²) in [5, 5.41) is 9.95. The van der Waals surface area contributed by atoms with E-state index in [4.69, 9.17) is 17.0 Å². The second-order valence-corrected chi connectivity index (χ2v) is 10.3. The van der Waals surface area contributed by atoms with E-state index >= 15 is 0 Å². The van der Waals surface area contributed by atoms with E-state index in [1.54, 1.807) is 46.2 Å². The van der Waals surface area contributed by atoms with E-state index in [-0.39, 0.29) is 35.9 Å². The van der Waals surface area contributed by atoms with Crippen molar-refractivity contribution in [3.05, 3.63) is 47.5 Å². The van der Waals surface area contributed by atoms with Gasteiger partial charge in [0.1, 0.15) is 11.6 Å². The molecule has 0 aliphatic heterocycles. The highest BCUT2D eigenvalue weighted by atomic mass is 16.1. The van der Waals surface area contributed by atoms with E-state index in [1.165, 1.54) is 11.2 Å². The van der Waals surface area contributed by atoms with Crippen molar-refractivity contribution in [2.45, 2.75) is 34.1 Å². The zero-order valence-corrected chi connectivity index (χ0v) is 22.9. The molecule has 0 saturated carbocycles. The molecule has 5 N–H and O–H groups in total. The van der Waals surface area contributed by atoms with Gasteiger partial charge in [0.05, 0.1) is 47.5 Å². The number of aromatic nitrogens is 2. The van der Waals surface area contributed by atoms with Gasteiger partial charge in [-0.2, -0.15) is 4.99 Å². The minimum Gasteiger partial charge on any atom is -0.387 e. The number of nitrogens with one attached hydrogen (secondary N) is 1. The number of Topliss-reactive ketones (excluding diaryl/α,β-unsaturated/α-hetero) is 1. The smallest absolute Gasteiger partial charge is 0.280 e. The van der Waals surface area contributed by atoms with Gasteiger partial charge in [-0.3, -0.25) is 19.6 Å². The quantitative estimate of drug-likeness (QED) is 0.178. The first kappa shape index (κ1) is 29.5. The first-order valence-electron chi connectivity index (χ1n) is 12.0. The van der Waals surface area contributed by atoms with Crippen LogP contribution in [0.2, 0.25) is 0 Å². The number of anilines is 2. The maximum atomic E-state index is 12.7. The molecule has 37 heavy (non-hydrogen) atoms. The van der Waals surface area contributed by atoms with Gasteiger partial charge in [0.25, 0.3) is 5.91 Å². The number of nitrogens with zero attached hydrogens (tertiary/aromatic N) is 6. The molecule has 2 aromatic rings. The van der Waals surface area contributed by atoms with Crippen LogP contribution < -0.4 is 21.5 Å². The number of aliphatic imine (C=N–C) groups is 1. The van der Waals surface area contributed by atoms with Crippen LogP contribution in [0.25, 0.3) is 0 Å². The van der Waals surface area contributed by atoms with Gasteiger partial charge in [0.2, 0.25) is 0 Å². The van der Waals surface area contributed by atoms with Crippen molar-refractivity contribution in [2.75, 3.05) is 50.7 Å². The van der Waals surface area contributed by atoms with Gasteiger partial charge < -0.3 is 26.0 Å². The average molecular weight is 510 g/mol. The van der Waals surface area contributed by atoms with Gasteiger partial charge in [0, 0.05) is 43.5 Å². The highest BCUT2D eigenvalue weighted by Gasteiger charge is 2.22. The number of amides is 1. The zero-order valence-electron chi connectivity index (χ0n) is 22.9. The van der Waals surface area contributed by atoms with Crippen LogP contribution in [0, 0.1) is 17.7 Å². The summed E-state index contributed by atoms with van der Waals surface area (Å²) < 4.78 is 0. The van der Waals surface area contributed by atoms with Crippen LogP contribution in [-0.2, 0) is 4.79 Å². The lowest BCUT2D eigenvalue weighted by Crippen LogP contribution is -2.37. The number of amidine groups is 1. The maximum absolute atomic E-state index is 12.7. The van der Waals surface area contributed by atoms with Crippen LogP contribution in [0.3, 0.4) is 0 Å². The molecule has 2 aromatic heterocycles. The number of hydrogen-bond acceptors (Lipinski definition) is 9. The number of nitrogens with two attached hydrogens (primary N) is 2. The second kappa shape index (κ2) is 12.5. The van der Waals surface area contributed by atoms with E-state index in [9.17, 15) is 9.59 Å². The van der Waals surface area contributed by atoms with Crippen molar-refractivity contribution in [3.8, 4) is 0 Å². The topological polar surface area (TPSA) is 158 Å². The largest absolute Gasteiger partial charge is 0.387 e. The number of carbonyl (C=O) groups excluding carboxylic acids is 2. The maximum Gasteiger partial charge on any atom is 0.280 e. The summed E-state index contributed by atoms with van der Waals surface area (Å²) in [5.41, 5.74) is 8.31. The Labute approximate surface area is 219 Å². The average Bonchev–Trinajstić information content (AvgIpc) is 2.81. The van der Waals surface area contributed by atoms with Gasteiger partial charge in [0.15, 0.2) is 0 Å². The molecule has 200 valence electrons. The Bertz CT molecular complexity index is 1170. The number of pyridine rings is 2. The summed E-state index contributed by atoms with van der Waals surface area (Å²) in [4.78, 5) is 41.5. The predicted octanol–water partition coefficient (Wildman–Crippen LogP) is 2.03. The highest BCUT2D eigenvalue weighted by molar-refractivity contribution is 6.09. The normalized spacial score (nSPS) is 12.0. The molecule has 0 radical (unpaired) electrons. The molecule has 11 heteroatoms. The molecule has 0 bridgehead atoms. The van der Waals surface area contributed by atoms with Crippen molar-refractivity contribution in [1.29, 1.82) is 5.41 Å². The van der Waals surface area contributed by atoms with E-state index < -0.39 is 11.3 Å². The Kier molecular flexibility index (Phi) is 9.98. The minimum atomic E-state index is -0.617. The van der Waals surface area contributed by atoms with Gasteiger partial charge in [-0.1, -0.05) is 20.8 Å². The lowest BCUT2D eigenvalue weighted by Gasteiger charge is -2.23. The molecule has 0 aromatic carbocycles. The molecule has 0 aliphatic rings. The standard InChI is InChI=1S/C26H39N9O2/c1-17-22(11-19(14-31-17)25(37)32-24(28)12-23(36)26(2,3)4)35(29)16-21(27)18-10-20(15-30-13-18)34(7)9-8-33(5)6/h10-11,13-15,27H,8-9,12,16,29H2,1-7H3,(H2,28,32,37). The predicted molar refractivity (Wildman–Crippen MR) is 148 cm³/mol. The molecular weight excluding hydrogens is 470 g/mol. The number of rotatable bonds is 11. The van der Waals surface area contributed by atoms with Crippen LogP contribution in [0.1, 0.15) is 48.8 Å². The Balaban J connectivity index is 2.16. The van der Waals surface area contributed by atoms with Gasteiger partial charge >= 0.3 is 0 Å². The number of ketones is 1. The van der Waals surface area contributed by atoms with E-state index in [2.05, 4.69) is 24.8 Å². The van der Waals surface area contributed by atoms with Crippen molar-refractivity contribution in [2.24, 2.45) is 22.0 Å². The van der Waals surface area contributed by atoms with Crippen molar-refractivity contribution in [1.82, 2.24) is 14.9 Å². The lowest BCUT2D eigenvalue weighted by molar-refractivity contribution is -0.125. The monoisotopic (exact) mass is 509 g/mol. The third-order valence-corrected chi connectivity index (χ3v) is 5.76. The van der Waals surface area contributed by atoms with Gasteiger partial charge in [-0.05, 0) is 33.2 Å². The summed E-state index contributed by atoms with van der Waals surface area (Å²) in [5.74, 6) is 5.51. The molecule has 0 spiro atoms. The van der Waals surface area contributed by atoms with E-state index in [1.807, 2.05) is 27.2 Å². The van der Waals surface area contributed by atoms with Gasteiger partial charge in [-0.25, -0.2) is 5.84 Å². The fraction of sp³-hybridized carbons (Fsp3) is 0.462. The number of hydrogen-bond donors (Lipinski definition) is 3. The lowest BCUT2D eigenvalue weighted by atomic mass is 9.89. The molecule has 0 aliphatic carbocycles. The van der Waals surface area contributed by atoms with Crippen molar-refractivity contribution >= 4 is 34.6 Å². The van der Waals surface area contributed by atoms with Crippen LogP contribution in [0.15, 0.2) is 35.7 Å². The summed E-state index contributed by atoms with van der Waals surface area (Å²) >= 11 is 0. The summed E-state index contributed by atoms with van der Waals surface area (Å²) in [6.45, 7) is 8.88. The summed E-state index contributed by atoms with van der Waals surface area (Å²) in [7, 11) is 6.01. The fourth-order valence-corrected chi connectivity index (χ4v) is 3.22. The Morgan fingerprint density at radius 3 is 2.35 bits per heavy atom. The molecule has 0 atom stereocenters. The third kappa shape index (κ3) is 8.72. The van der Waals surface area contributed by atoms with Crippen LogP contribution in [0.4, 0.5) is 11.4 Å². The van der Waals surface area contributed by atoms with Crippen molar-refractivity contribution in [3.63, 3.8) is 0 Å². The molecule has 0 unspecified atom stereocenters. The number of aryl methyl sites for hydroxylation is 1. The fourth-order valence-electron chi connectivity index (χ4n) is 3.22. The SMILES string of the molecule is Cc1ncc(C(=O)N=C(N)CC(=O)C(C)(C)C)cc1N(N)CC(=N)c1cncc(N(C)CCN(C)C)c1. The van der Waals surface area contributed by atoms with E-state index in [0.717, 1.165) is 18.8 Å². The zero-order chi connectivity index (χ0) is 27.9. The van der Waals surface area contributed by atoms with E-state index in [0.29, 0.717) is 16.9 Å². The highest BCUT2D eigenvalue weighted by Crippen LogP contribution is 2.20. The molecule has 2 rings (SSSR count). The molecule has 0 fully saturated rings. The minimum absolute atomic E-state index is 0.0543. The number of carbonyl (C=O) groups is 2. The van der Waals surface area contributed by atoms with Crippen LogP contribution in [0.5, 0.6) is 0 Å². The Morgan fingerprint density at radius 2 is 1.73 bits per heavy atom. The Morgan fingerprint density at radius 1 is 1.05 bits per heavy atom. The first-order chi connectivity index (χ1) is 17.2. The molecule has 2 heterocycles. The number of likely N-dealkylation sites (N-methyl/N-ethyl adjacent to an activating group) is 2. The molecular formula is C26H39N9O2. The van der Waals surface area contributed by atoms with Crippen LogP contribution in [-0.4, -0.2) is 78.9 Å². The third-order valence-electron chi connectivity index (χ3n) is 5.76. The van der Waals surface area contributed by atoms with Crippen LogP contribution >= 0.6 is 0 Å². The summed E-state index contributed by atoms with van der Waals surface area (Å²) in [6, 6.07) is 3.46. The molecule has 11 nitrogen and oxygen atoms in total. The number of hydrazine groups is 1. The first-order valence-corrected chi connectivity index (χ1v) is 12.0. The second-order valence-electron chi connectivity index (χ2n) is 10.3. The van der Waals surface area contributed by atoms with Crippen molar-refractivity contribution < 1.29 is 9.59 Å². The Hall–Kier alpha value is -3.70. The molecule has 1 amide bonds. The molecule has 0 saturated heterocycles. The summed E-state index contributed by atoms with van der Waals surface area (Å²) in [6.07, 6.45) is 4.66. The van der Waals surface area contributed by atoms with Gasteiger partial charge in [-0.15, -0.1) is 0 Å².